The van der Waals surface area contributed by atoms with Gasteiger partial charge in [-0.25, -0.2) is 0 Å². The van der Waals surface area contributed by atoms with E-state index in [4.69, 9.17) is 0 Å². The highest BCUT2D eigenvalue weighted by molar-refractivity contribution is 5.91. The summed E-state index contributed by atoms with van der Waals surface area (Å²) in [6.07, 6.45) is -2.85. The van der Waals surface area contributed by atoms with Crippen molar-refractivity contribution in [1.82, 2.24) is 9.47 Å². The number of alkyl halides is 3. The van der Waals surface area contributed by atoms with Gasteiger partial charge in [-0.3, -0.25) is 0 Å². The second kappa shape index (κ2) is 7.15. The van der Waals surface area contributed by atoms with E-state index in [9.17, 15) is 18.3 Å². The Balaban J connectivity index is 1.86. The SMILES string of the molecule is Cc1cc(CN(C)C)cc2cn(Cc3ccc(OC(F)(F)F)cc3)c(O)c12. The molecule has 0 spiro atoms. The maximum absolute atomic E-state index is 12.2. The van der Waals surface area contributed by atoms with Crippen LogP contribution in [0.3, 0.4) is 0 Å². The summed E-state index contributed by atoms with van der Waals surface area (Å²) < 4.78 is 42.3. The molecule has 0 saturated carbocycles. The molecule has 0 aliphatic rings. The maximum atomic E-state index is 12.2. The molecule has 7 heteroatoms. The van der Waals surface area contributed by atoms with Crippen LogP contribution in [0.25, 0.3) is 10.8 Å². The summed E-state index contributed by atoms with van der Waals surface area (Å²) in [5.74, 6) is -0.119. The highest BCUT2D eigenvalue weighted by Gasteiger charge is 2.30. The summed E-state index contributed by atoms with van der Waals surface area (Å²) in [7, 11) is 3.99. The Morgan fingerprint density at radius 1 is 1.07 bits per heavy atom. The molecule has 3 aromatic rings. The van der Waals surface area contributed by atoms with Crippen LogP contribution in [-0.4, -0.2) is 35.0 Å². The summed E-state index contributed by atoms with van der Waals surface area (Å²) in [5, 5.41) is 12.3. The molecular weight excluding hydrogens is 357 g/mol. The van der Waals surface area contributed by atoms with Gasteiger partial charge in [0.1, 0.15) is 5.75 Å². The van der Waals surface area contributed by atoms with E-state index in [0.29, 0.717) is 6.54 Å². The Hall–Kier alpha value is -2.67. The topological polar surface area (TPSA) is 37.6 Å². The zero-order valence-electron chi connectivity index (χ0n) is 15.3. The monoisotopic (exact) mass is 378 g/mol. The number of aryl methyl sites for hydroxylation is 1. The third-order valence-electron chi connectivity index (χ3n) is 4.23. The van der Waals surface area contributed by atoms with Crippen molar-refractivity contribution in [2.45, 2.75) is 26.4 Å². The van der Waals surface area contributed by atoms with E-state index in [1.54, 1.807) is 16.7 Å². The zero-order chi connectivity index (χ0) is 19.8. The van der Waals surface area contributed by atoms with Crippen molar-refractivity contribution in [1.29, 1.82) is 0 Å². The molecule has 0 fully saturated rings. The molecular formula is C20H21F3N2O2. The molecule has 0 atom stereocenters. The normalized spacial score (nSPS) is 12.1. The molecule has 0 unspecified atom stereocenters. The van der Waals surface area contributed by atoms with Gasteiger partial charge in [0.05, 0.1) is 6.54 Å². The molecule has 0 aliphatic carbocycles. The fourth-order valence-corrected chi connectivity index (χ4v) is 3.24. The zero-order valence-corrected chi connectivity index (χ0v) is 15.3. The van der Waals surface area contributed by atoms with Crippen LogP contribution in [0.1, 0.15) is 16.7 Å². The highest BCUT2D eigenvalue weighted by atomic mass is 19.4. The summed E-state index contributed by atoms with van der Waals surface area (Å²) >= 11 is 0. The van der Waals surface area contributed by atoms with Crippen molar-refractivity contribution in [3.63, 3.8) is 0 Å². The van der Waals surface area contributed by atoms with E-state index in [1.165, 1.54) is 12.1 Å². The summed E-state index contributed by atoms with van der Waals surface area (Å²) in [5.41, 5.74) is 2.89. The van der Waals surface area contributed by atoms with E-state index in [-0.39, 0.29) is 11.6 Å². The first-order valence-electron chi connectivity index (χ1n) is 8.43. The van der Waals surface area contributed by atoms with Gasteiger partial charge in [-0.15, -0.1) is 13.2 Å². The number of ether oxygens (including phenoxy) is 1. The van der Waals surface area contributed by atoms with Crippen LogP contribution in [0.5, 0.6) is 11.6 Å². The number of halogens is 3. The third kappa shape index (κ3) is 4.54. The average Bonchev–Trinajstić information content (AvgIpc) is 2.83. The van der Waals surface area contributed by atoms with Crippen LogP contribution >= 0.6 is 0 Å². The number of aromatic hydroxyl groups is 1. The number of nitrogens with zero attached hydrogens (tertiary/aromatic N) is 2. The lowest BCUT2D eigenvalue weighted by atomic mass is 10.1. The molecule has 27 heavy (non-hydrogen) atoms. The number of benzene rings is 2. The molecule has 144 valence electrons. The van der Waals surface area contributed by atoms with E-state index >= 15 is 0 Å². The van der Waals surface area contributed by atoms with Gasteiger partial charge < -0.3 is 19.3 Å². The first-order chi connectivity index (χ1) is 12.6. The van der Waals surface area contributed by atoms with Gasteiger partial charge >= 0.3 is 6.36 Å². The minimum absolute atomic E-state index is 0.148. The summed E-state index contributed by atoms with van der Waals surface area (Å²) in [6.45, 7) is 3.09. The number of aromatic nitrogens is 1. The first kappa shape index (κ1) is 19.1. The van der Waals surface area contributed by atoms with Crippen molar-refractivity contribution >= 4 is 10.8 Å². The van der Waals surface area contributed by atoms with Gasteiger partial charge in [0, 0.05) is 23.5 Å². The van der Waals surface area contributed by atoms with Crippen LogP contribution in [0.4, 0.5) is 13.2 Å². The average molecular weight is 378 g/mol. The van der Waals surface area contributed by atoms with Gasteiger partial charge in [0.2, 0.25) is 0 Å². The molecule has 0 aliphatic heterocycles. The highest BCUT2D eigenvalue weighted by Crippen LogP contribution is 2.32. The van der Waals surface area contributed by atoms with Gasteiger partial charge in [-0.1, -0.05) is 18.2 Å². The fraction of sp³-hybridized carbons (Fsp3) is 0.300. The molecule has 3 rings (SSSR count). The molecule has 1 heterocycles. The minimum atomic E-state index is -4.71. The Morgan fingerprint density at radius 2 is 1.74 bits per heavy atom. The van der Waals surface area contributed by atoms with E-state index in [1.807, 2.05) is 33.3 Å². The van der Waals surface area contributed by atoms with E-state index in [0.717, 1.165) is 34.0 Å². The Bertz CT molecular complexity index is 945. The van der Waals surface area contributed by atoms with Crippen LogP contribution in [-0.2, 0) is 13.1 Å². The van der Waals surface area contributed by atoms with Gasteiger partial charge in [0.15, 0.2) is 5.88 Å². The maximum Gasteiger partial charge on any atom is 0.573 e. The van der Waals surface area contributed by atoms with Crippen molar-refractivity contribution < 1.29 is 23.0 Å². The largest absolute Gasteiger partial charge is 0.573 e. The lowest BCUT2D eigenvalue weighted by molar-refractivity contribution is -0.274. The fourth-order valence-electron chi connectivity index (χ4n) is 3.24. The molecule has 4 nitrogen and oxygen atoms in total. The summed E-state index contributed by atoms with van der Waals surface area (Å²) in [4.78, 5) is 2.07. The summed E-state index contributed by atoms with van der Waals surface area (Å²) in [6, 6.07) is 9.73. The molecule has 0 amide bonds. The minimum Gasteiger partial charge on any atom is -0.494 e. The van der Waals surface area contributed by atoms with Gasteiger partial charge in [-0.2, -0.15) is 0 Å². The predicted octanol–water partition coefficient (Wildman–Crippen LogP) is 4.66. The van der Waals surface area contributed by atoms with Crippen molar-refractivity contribution in [3.05, 3.63) is 59.3 Å². The number of rotatable bonds is 5. The molecule has 1 N–H and O–H groups in total. The number of hydrogen-bond acceptors (Lipinski definition) is 3. The quantitative estimate of drug-likeness (QED) is 0.701. The smallest absolute Gasteiger partial charge is 0.494 e. The second-order valence-electron chi connectivity index (χ2n) is 6.89. The Labute approximate surface area is 155 Å². The predicted molar refractivity (Wildman–Crippen MR) is 98.0 cm³/mol. The third-order valence-corrected chi connectivity index (χ3v) is 4.23. The second-order valence-corrected chi connectivity index (χ2v) is 6.89. The van der Waals surface area contributed by atoms with Crippen LogP contribution < -0.4 is 4.74 Å². The van der Waals surface area contributed by atoms with Crippen molar-refractivity contribution in [3.8, 4) is 11.6 Å². The van der Waals surface area contributed by atoms with E-state index in [2.05, 4.69) is 15.7 Å². The first-order valence-corrected chi connectivity index (χ1v) is 8.43. The standard InChI is InChI=1S/C20H21F3N2O2/c1-13-8-15(10-24(2)3)9-16-12-25(19(26)18(13)16)11-14-4-6-17(7-5-14)27-20(21,22)23/h4-9,12,26H,10-11H2,1-3H3. The molecule has 2 aromatic carbocycles. The van der Waals surface area contributed by atoms with Crippen LogP contribution in [0.2, 0.25) is 0 Å². The van der Waals surface area contributed by atoms with Gasteiger partial charge in [-0.05, 0) is 55.9 Å². The molecule has 0 bridgehead atoms. The van der Waals surface area contributed by atoms with Crippen LogP contribution in [0, 0.1) is 6.92 Å². The van der Waals surface area contributed by atoms with Crippen molar-refractivity contribution in [2.75, 3.05) is 14.1 Å². The van der Waals surface area contributed by atoms with Gasteiger partial charge in [0.25, 0.3) is 0 Å². The molecule has 0 saturated heterocycles. The van der Waals surface area contributed by atoms with Crippen molar-refractivity contribution in [2.24, 2.45) is 0 Å². The number of hydrogen-bond donors (Lipinski definition) is 1. The Kier molecular flexibility index (Phi) is 5.06. The lowest BCUT2D eigenvalue weighted by Crippen LogP contribution is -2.17. The molecule has 1 aromatic heterocycles. The van der Waals surface area contributed by atoms with E-state index < -0.39 is 6.36 Å². The number of fused-ring (bicyclic) bond motifs is 1. The molecule has 0 radical (unpaired) electrons. The lowest BCUT2D eigenvalue weighted by Gasteiger charge is -2.11. The van der Waals surface area contributed by atoms with Crippen LogP contribution in [0.15, 0.2) is 42.6 Å². The Morgan fingerprint density at radius 3 is 2.33 bits per heavy atom.